The first-order valence-corrected chi connectivity index (χ1v) is 6.67. The molecule has 0 aliphatic heterocycles. The molecule has 3 aromatic rings. The van der Waals surface area contributed by atoms with Gasteiger partial charge in [0, 0.05) is 11.6 Å². The molecule has 0 aliphatic carbocycles. The first-order chi connectivity index (χ1) is 10.5. The van der Waals surface area contributed by atoms with Gasteiger partial charge in [0.2, 0.25) is 0 Å². The highest BCUT2D eigenvalue weighted by molar-refractivity contribution is 7.13. The lowest BCUT2D eigenvalue weighted by Gasteiger charge is -2.05. The summed E-state index contributed by atoms with van der Waals surface area (Å²) in [6.07, 6.45) is -3.67. The Morgan fingerprint density at radius 1 is 1.18 bits per heavy atom. The number of hydrogen-bond acceptors (Lipinski definition) is 6. The van der Waals surface area contributed by atoms with Gasteiger partial charge >= 0.3 is 6.18 Å². The Morgan fingerprint density at radius 2 is 2.00 bits per heavy atom. The molecule has 0 aliphatic rings. The number of nitrogens with zero attached hydrogens (tertiary/aromatic N) is 5. The highest BCUT2D eigenvalue weighted by Crippen LogP contribution is 2.31. The second-order valence-electron chi connectivity index (χ2n) is 4.10. The SMILES string of the molecule is N#Cc1n[nH]nc1-c1csc(-c2ccc(C(F)(F)F)cn2)n1. The minimum absolute atomic E-state index is 0.0947. The van der Waals surface area contributed by atoms with Gasteiger partial charge in [0.25, 0.3) is 0 Å². The summed E-state index contributed by atoms with van der Waals surface area (Å²) in [7, 11) is 0. The largest absolute Gasteiger partial charge is 0.417 e. The molecule has 0 amide bonds. The molecule has 0 atom stereocenters. The third-order valence-electron chi connectivity index (χ3n) is 2.71. The van der Waals surface area contributed by atoms with Crippen LogP contribution in [-0.4, -0.2) is 25.4 Å². The minimum atomic E-state index is -4.43. The summed E-state index contributed by atoms with van der Waals surface area (Å²) >= 11 is 1.19. The van der Waals surface area contributed by atoms with Gasteiger partial charge in [-0.1, -0.05) is 0 Å². The number of aromatic nitrogens is 5. The number of thiazole rings is 1. The molecule has 0 unspecified atom stereocenters. The highest BCUT2D eigenvalue weighted by Gasteiger charge is 2.30. The van der Waals surface area contributed by atoms with Gasteiger partial charge < -0.3 is 0 Å². The normalized spacial score (nSPS) is 11.4. The summed E-state index contributed by atoms with van der Waals surface area (Å²) in [6, 6.07) is 4.06. The van der Waals surface area contributed by atoms with Crippen molar-refractivity contribution in [3.8, 4) is 28.2 Å². The molecule has 3 heterocycles. The molecule has 22 heavy (non-hydrogen) atoms. The van der Waals surface area contributed by atoms with E-state index in [1.165, 1.54) is 17.4 Å². The summed E-state index contributed by atoms with van der Waals surface area (Å²) in [6.45, 7) is 0. The third kappa shape index (κ3) is 2.53. The van der Waals surface area contributed by atoms with E-state index in [0.29, 0.717) is 16.4 Å². The molecule has 10 heteroatoms. The molecule has 0 spiro atoms. The zero-order valence-electron chi connectivity index (χ0n) is 10.6. The van der Waals surface area contributed by atoms with E-state index in [1.807, 2.05) is 6.07 Å². The van der Waals surface area contributed by atoms with Gasteiger partial charge in [0.1, 0.15) is 22.5 Å². The van der Waals surface area contributed by atoms with Gasteiger partial charge in [-0.2, -0.15) is 28.7 Å². The standard InChI is InChI=1S/C12H5F3N6S/c13-12(14,15)6-1-2-7(17-4-6)11-18-9(5-22-11)10-8(3-16)19-21-20-10/h1-2,4-5H,(H,19,20,21). The van der Waals surface area contributed by atoms with E-state index in [0.717, 1.165) is 12.3 Å². The number of H-pyrrole nitrogens is 1. The molecular formula is C12H5F3N6S. The fourth-order valence-corrected chi connectivity index (χ4v) is 2.46. The maximum absolute atomic E-state index is 12.5. The second kappa shape index (κ2) is 5.19. The van der Waals surface area contributed by atoms with Crippen molar-refractivity contribution in [2.24, 2.45) is 0 Å². The van der Waals surface area contributed by atoms with E-state index in [9.17, 15) is 13.2 Å². The van der Waals surface area contributed by atoms with E-state index in [-0.39, 0.29) is 11.4 Å². The lowest BCUT2D eigenvalue weighted by Crippen LogP contribution is -2.05. The number of hydrogen-bond donors (Lipinski definition) is 1. The predicted octanol–water partition coefficient (Wildman–Crippen LogP) is 2.88. The number of aromatic amines is 1. The first-order valence-electron chi connectivity index (χ1n) is 5.79. The van der Waals surface area contributed by atoms with Crippen molar-refractivity contribution in [1.82, 2.24) is 25.4 Å². The molecule has 0 saturated heterocycles. The van der Waals surface area contributed by atoms with Crippen molar-refractivity contribution in [1.29, 1.82) is 5.26 Å². The fourth-order valence-electron chi connectivity index (χ4n) is 1.68. The predicted molar refractivity (Wildman–Crippen MR) is 70.4 cm³/mol. The Kier molecular flexibility index (Phi) is 3.34. The van der Waals surface area contributed by atoms with Crippen LogP contribution in [0.5, 0.6) is 0 Å². The van der Waals surface area contributed by atoms with Gasteiger partial charge in [-0.05, 0) is 12.1 Å². The van der Waals surface area contributed by atoms with Gasteiger partial charge in [-0.15, -0.1) is 16.4 Å². The maximum atomic E-state index is 12.5. The van der Waals surface area contributed by atoms with Crippen LogP contribution in [0.4, 0.5) is 13.2 Å². The topological polar surface area (TPSA) is 91.1 Å². The third-order valence-corrected chi connectivity index (χ3v) is 3.58. The molecule has 0 aromatic carbocycles. The Labute approximate surface area is 125 Å². The summed E-state index contributed by atoms with van der Waals surface area (Å²) in [5.74, 6) is 0. The van der Waals surface area contributed by atoms with Crippen LogP contribution in [-0.2, 0) is 6.18 Å². The van der Waals surface area contributed by atoms with Crippen LogP contribution in [0.3, 0.4) is 0 Å². The van der Waals surface area contributed by atoms with Gasteiger partial charge in [0.05, 0.1) is 11.3 Å². The summed E-state index contributed by atoms with van der Waals surface area (Å²) in [5, 5.41) is 20.8. The maximum Gasteiger partial charge on any atom is 0.417 e. The van der Waals surface area contributed by atoms with Crippen molar-refractivity contribution in [3.63, 3.8) is 0 Å². The number of nitrogens with one attached hydrogen (secondary N) is 1. The summed E-state index contributed by atoms with van der Waals surface area (Å²) < 4.78 is 37.5. The molecule has 0 bridgehead atoms. The minimum Gasteiger partial charge on any atom is -0.253 e. The Hall–Kier alpha value is -2.80. The smallest absolute Gasteiger partial charge is 0.253 e. The van der Waals surface area contributed by atoms with Crippen LogP contribution in [0.25, 0.3) is 22.1 Å². The van der Waals surface area contributed by atoms with Crippen LogP contribution < -0.4 is 0 Å². The molecule has 110 valence electrons. The summed E-state index contributed by atoms with van der Waals surface area (Å²) in [5.41, 5.74) is 0.281. The second-order valence-corrected chi connectivity index (χ2v) is 4.96. The van der Waals surface area contributed by atoms with Crippen molar-refractivity contribution < 1.29 is 13.2 Å². The average Bonchev–Trinajstić information content (AvgIpc) is 3.15. The van der Waals surface area contributed by atoms with Crippen molar-refractivity contribution >= 4 is 11.3 Å². The molecule has 6 nitrogen and oxygen atoms in total. The molecular weight excluding hydrogens is 317 g/mol. The van der Waals surface area contributed by atoms with Crippen LogP contribution in [0.2, 0.25) is 0 Å². The number of nitriles is 1. The number of rotatable bonds is 2. The van der Waals surface area contributed by atoms with E-state index in [2.05, 4.69) is 25.4 Å². The number of pyridine rings is 1. The quantitative estimate of drug-likeness (QED) is 0.783. The lowest BCUT2D eigenvalue weighted by molar-refractivity contribution is -0.137. The number of halogens is 3. The van der Waals surface area contributed by atoms with Crippen LogP contribution >= 0.6 is 11.3 Å². The summed E-state index contributed by atoms with van der Waals surface area (Å²) in [4.78, 5) is 8.00. The Balaban J connectivity index is 1.93. The van der Waals surface area contributed by atoms with Crippen molar-refractivity contribution in [2.75, 3.05) is 0 Å². The Bertz CT molecular complexity index is 843. The lowest BCUT2D eigenvalue weighted by atomic mass is 10.2. The molecule has 3 rings (SSSR count). The van der Waals surface area contributed by atoms with E-state index in [1.54, 1.807) is 5.38 Å². The monoisotopic (exact) mass is 322 g/mol. The van der Waals surface area contributed by atoms with Crippen LogP contribution in [0.1, 0.15) is 11.3 Å². The first kappa shape index (κ1) is 14.2. The number of alkyl halides is 3. The fraction of sp³-hybridized carbons (Fsp3) is 0.0833. The van der Waals surface area contributed by atoms with Crippen LogP contribution in [0, 0.1) is 11.3 Å². The van der Waals surface area contributed by atoms with Crippen LogP contribution in [0.15, 0.2) is 23.7 Å². The molecule has 0 saturated carbocycles. The average molecular weight is 322 g/mol. The van der Waals surface area contributed by atoms with Gasteiger partial charge in [-0.25, -0.2) is 4.98 Å². The molecule has 1 N–H and O–H groups in total. The molecule has 0 radical (unpaired) electrons. The van der Waals surface area contributed by atoms with Gasteiger partial charge in [0.15, 0.2) is 5.69 Å². The zero-order valence-corrected chi connectivity index (χ0v) is 11.4. The zero-order chi connectivity index (χ0) is 15.7. The molecule has 3 aromatic heterocycles. The van der Waals surface area contributed by atoms with E-state index < -0.39 is 11.7 Å². The van der Waals surface area contributed by atoms with Crippen molar-refractivity contribution in [3.05, 3.63) is 35.0 Å². The van der Waals surface area contributed by atoms with Gasteiger partial charge in [-0.3, -0.25) is 4.98 Å². The molecule has 0 fully saturated rings. The highest BCUT2D eigenvalue weighted by atomic mass is 32.1. The van der Waals surface area contributed by atoms with E-state index in [4.69, 9.17) is 5.26 Å². The Morgan fingerprint density at radius 3 is 2.64 bits per heavy atom. The van der Waals surface area contributed by atoms with E-state index >= 15 is 0 Å². The van der Waals surface area contributed by atoms with Crippen molar-refractivity contribution in [2.45, 2.75) is 6.18 Å².